The summed E-state index contributed by atoms with van der Waals surface area (Å²) < 4.78 is 42.2. The monoisotopic (exact) mass is 918 g/mol. The number of morpholine rings is 1. The Morgan fingerprint density at radius 2 is 1.76 bits per heavy atom. The summed E-state index contributed by atoms with van der Waals surface area (Å²) in [7, 11) is -4.63. The first-order valence-corrected chi connectivity index (χ1v) is 24.8. The number of nitro groups is 1. The highest BCUT2D eigenvalue weighted by Crippen LogP contribution is 2.54. The molecule has 0 radical (unpaired) electrons. The number of nitrogens with zero attached hydrogens (tertiary/aromatic N) is 5. The van der Waals surface area contributed by atoms with Crippen molar-refractivity contribution in [3.05, 3.63) is 106 Å². The molecule has 5 aliphatic rings. The quantitative estimate of drug-likeness (QED) is 0.0650. The maximum Gasteiger partial charge on any atom is 0.312 e. The molecule has 2 aromatic carbocycles. The number of ether oxygens (including phenoxy) is 2. The maximum atomic E-state index is 14.0. The van der Waals surface area contributed by atoms with E-state index < -0.39 is 37.0 Å². The van der Waals surface area contributed by atoms with Crippen molar-refractivity contribution in [2.24, 2.45) is 11.3 Å². The summed E-state index contributed by atoms with van der Waals surface area (Å²) in [6, 6.07) is 19.4. The van der Waals surface area contributed by atoms with Gasteiger partial charge in [0, 0.05) is 61.6 Å². The lowest BCUT2D eigenvalue weighted by molar-refractivity contribution is -0.384. The van der Waals surface area contributed by atoms with Gasteiger partial charge in [-0.05, 0) is 131 Å². The lowest BCUT2D eigenvalue weighted by Crippen LogP contribution is -2.59. The molecule has 2 aliphatic heterocycles. The topological polar surface area (TPSA) is 205 Å². The fourth-order valence-corrected chi connectivity index (χ4v) is 11.8. The van der Waals surface area contributed by atoms with Crippen LogP contribution in [0.1, 0.15) is 112 Å². The van der Waals surface area contributed by atoms with Crippen molar-refractivity contribution in [1.29, 1.82) is 0 Å². The molecule has 1 unspecified atom stereocenters. The zero-order valence-electron chi connectivity index (χ0n) is 37.4. The van der Waals surface area contributed by atoms with Crippen molar-refractivity contribution in [3.63, 3.8) is 0 Å². The van der Waals surface area contributed by atoms with Crippen LogP contribution in [-0.4, -0.2) is 94.7 Å². The summed E-state index contributed by atoms with van der Waals surface area (Å²) in [6.07, 6.45) is 14.1. The Kier molecular flexibility index (Phi) is 11.8. The number of sulfonamides is 1. The first kappa shape index (κ1) is 44.2. The van der Waals surface area contributed by atoms with Gasteiger partial charge < -0.3 is 29.8 Å². The van der Waals surface area contributed by atoms with Gasteiger partial charge in [0.25, 0.3) is 15.9 Å². The molecule has 2 atom stereocenters. The Morgan fingerprint density at radius 3 is 2.50 bits per heavy atom. The minimum absolute atomic E-state index is 0.0448. The summed E-state index contributed by atoms with van der Waals surface area (Å²) in [5.41, 5.74) is 3.38. The number of aromatic amines is 1. The number of nitrogens with one attached hydrogen (secondary N) is 3. The Morgan fingerprint density at radius 1 is 1.00 bits per heavy atom. The van der Waals surface area contributed by atoms with Crippen LogP contribution in [0.2, 0.25) is 0 Å². The van der Waals surface area contributed by atoms with Crippen LogP contribution >= 0.6 is 0 Å². The molecule has 4 N–H and O–H groups in total. The van der Waals surface area contributed by atoms with Crippen LogP contribution in [0, 0.1) is 21.4 Å². The second-order valence-electron chi connectivity index (χ2n) is 19.7. The second-order valence-corrected chi connectivity index (χ2v) is 21.4. The molecule has 3 saturated carbocycles. The van der Waals surface area contributed by atoms with E-state index in [4.69, 9.17) is 9.47 Å². The average molecular weight is 919 g/mol. The zero-order valence-corrected chi connectivity index (χ0v) is 38.3. The molecule has 348 valence electrons. The van der Waals surface area contributed by atoms with Gasteiger partial charge in [0.2, 0.25) is 5.82 Å². The van der Waals surface area contributed by atoms with E-state index in [0.29, 0.717) is 42.7 Å². The van der Waals surface area contributed by atoms with E-state index in [-0.39, 0.29) is 40.6 Å². The van der Waals surface area contributed by atoms with Crippen LogP contribution in [0.15, 0.2) is 84.1 Å². The van der Waals surface area contributed by atoms with Crippen molar-refractivity contribution < 1.29 is 32.7 Å². The number of hydrogen-bond acceptors (Lipinski definition) is 13. The molecule has 17 heteroatoms. The Labute approximate surface area is 384 Å². The van der Waals surface area contributed by atoms with E-state index in [1.165, 1.54) is 30.2 Å². The molecule has 2 saturated heterocycles. The van der Waals surface area contributed by atoms with E-state index in [0.717, 1.165) is 88.1 Å². The van der Waals surface area contributed by atoms with Crippen molar-refractivity contribution in [1.82, 2.24) is 24.6 Å². The number of fused-ring (bicyclic) bond motifs is 1. The van der Waals surface area contributed by atoms with Gasteiger partial charge in [0.1, 0.15) is 22.0 Å². The first-order valence-electron chi connectivity index (χ1n) is 23.4. The van der Waals surface area contributed by atoms with E-state index >= 15 is 0 Å². The molecule has 5 aromatic rings. The summed E-state index contributed by atoms with van der Waals surface area (Å²) >= 11 is 0. The number of H-pyrrole nitrogens is 1. The van der Waals surface area contributed by atoms with Crippen LogP contribution in [0.4, 0.5) is 17.2 Å². The first-order chi connectivity index (χ1) is 31.7. The number of amides is 1. The van der Waals surface area contributed by atoms with Gasteiger partial charge in [0.15, 0.2) is 0 Å². The van der Waals surface area contributed by atoms with Crippen LogP contribution in [0.25, 0.3) is 11.0 Å². The third-order valence-corrected chi connectivity index (χ3v) is 16.2. The Balaban J connectivity index is 0.838. The van der Waals surface area contributed by atoms with E-state index in [1.807, 2.05) is 6.07 Å². The SMILES string of the molecule is CC1CN(C2CC3(CCN(c4ccc(C(=O)NS(=O)(=O)c5cnc(NCC6CCC(C)(O)CC6)c([N+](=O)[O-])c5)c(Oc5cnc6[nH]ccc6c5)c4)CC3)C2)[C@H](c2ccccc2C2CC2)CO1. The summed E-state index contributed by atoms with van der Waals surface area (Å²) in [6.45, 7) is 7.64. The number of pyridine rings is 2. The van der Waals surface area contributed by atoms with E-state index in [9.17, 15) is 28.4 Å². The summed E-state index contributed by atoms with van der Waals surface area (Å²) in [5.74, 6) is 0.277. The third kappa shape index (κ3) is 9.22. The molecule has 5 heterocycles. The van der Waals surface area contributed by atoms with Crippen molar-refractivity contribution >= 4 is 44.2 Å². The molecule has 1 amide bonds. The van der Waals surface area contributed by atoms with Crippen LogP contribution in [0.3, 0.4) is 0 Å². The Hall–Kier alpha value is -5.62. The molecule has 1 spiro atoms. The number of benzene rings is 2. The van der Waals surface area contributed by atoms with Gasteiger partial charge in [0.05, 0.1) is 47.2 Å². The second kappa shape index (κ2) is 17.6. The predicted octanol–water partition coefficient (Wildman–Crippen LogP) is 8.22. The van der Waals surface area contributed by atoms with Gasteiger partial charge in [-0.3, -0.25) is 19.8 Å². The van der Waals surface area contributed by atoms with Crippen LogP contribution < -0.4 is 19.7 Å². The van der Waals surface area contributed by atoms with Gasteiger partial charge in [-0.25, -0.2) is 23.1 Å². The highest BCUT2D eigenvalue weighted by atomic mass is 32.2. The standard InChI is InChI=1S/C49H58N8O8S/c1-31-29-56(43(30-64-31)40-6-4-3-5-39(40)33-7-8-33)36-24-49(25-36)16-19-55(20-17-49)35-9-10-41(44(22-35)65-37-21-34-13-18-50-45(34)52-27-37)47(58)54-66(62,63)38-23-42(57(60)61)46(53-28-38)51-26-32-11-14-48(2,59)15-12-32/h3-6,9-10,13,18,21-23,27-28,31-33,36,43,59H,7-8,11-12,14-17,19-20,24-26,29-30H2,1-2H3,(H,50,52)(H,51,53)(H,54,58)/t31?,32?,43-,48?/m0/s1. The highest BCUT2D eigenvalue weighted by Gasteiger charge is 2.50. The summed E-state index contributed by atoms with van der Waals surface area (Å²) in [4.78, 5) is 41.5. The van der Waals surface area contributed by atoms with E-state index in [1.54, 1.807) is 37.4 Å². The molecular formula is C49H58N8O8S. The zero-order chi connectivity index (χ0) is 45.8. The fourth-order valence-electron chi connectivity index (χ4n) is 10.8. The maximum absolute atomic E-state index is 14.0. The molecule has 16 nitrogen and oxygen atoms in total. The lowest BCUT2D eigenvalue weighted by Gasteiger charge is -2.58. The van der Waals surface area contributed by atoms with Gasteiger partial charge in [-0.1, -0.05) is 24.3 Å². The van der Waals surface area contributed by atoms with Crippen molar-refractivity contribution in [2.45, 2.75) is 113 Å². The highest BCUT2D eigenvalue weighted by molar-refractivity contribution is 7.90. The van der Waals surface area contributed by atoms with Crippen LogP contribution in [0.5, 0.6) is 11.5 Å². The number of rotatable bonds is 13. The minimum atomic E-state index is -4.63. The number of carbonyl (C=O) groups excluding carboxylic acids is 1. The molecule has 5 fully saturated rings. The predicted molar refractivity (Wildman–Crippen MR) is 249 cm³/mol. The van der Waals surface area contributed by atoms with Crippen molar-refractivity contribution in [3.8, 4) is 11.5 Å². The molecule has 10 rings (SSSR count). The third-order valence-electron chi connectivity index (χ3n) is 14.9. The van der Waals surface area contributed by atoms with Crippen LogP contribution in [-0.2, 0) is 14.8 Å². The molecular weight excluding hydrogens is 861 g/mol. The number of aliphatic hydroxyl groups is 1. The molecule has 66 heavy (non-hydrogen) atoms. The Bertz CT molecular complexity index is 2730. The molecule has 3 aromatic heterocycles. The van der Waals surface area contributed by atoms with Crippen molar-refractivity contribution in [2.75, 3.05) is 43.0 Å². The summed E-state index contributed by atoms with van der Waals surface area (Å²) in [5, 5.41) is 26.2. The van der Waals surface area contributed by atoms with Gasteiger partial charge in [-0.15, -0.1) is 0 Å². The number of anilines is 2. The fraction of sp³-hybridized carbons (Fsp3) is 0.490. The lowest BCUT2D eigenvalue weighted by atomic mass is 9.59. The molecule has 0 bridgehead atoms. The van der Waals surface area contributed by atoms with Gasteiger partial charge >= 0.3 is 5.69 Å². The number of carbonyl (C=O) groups is 1. The van der Waals surface area contributed by atoms with E-state index in [2.05, 4.69) is 66.0 Å². The minimum Gasteiger partial charge on any atom is -0.455 e. The number of hydrogen-bond donors (Lipinski definition) is 4. The average Bonchev–Trinajstić information content (AvgIpc) is 4.04. The number of piperidine rings is 1. The number of aromatic nitrogens is 3. The normalized spacial score (nSPS) is 24.8. The largest absolute Gasteiger partial charge is 0.455 e. The molecule has 3 aliphatic carbocycles. The smallest absolute Gasteiger partial charge is 0.312 e. The van der Waals surface area contributed by atoms with Gasteiger partial charge in [-0.2, -0.15) is 0 Å².